The molecule has 0 aliphatic heterocycles. The zero-order valence-electron chi connectivity index (χ0n) is 5.49. The summed E-state index contributed by atoms with van der Waals surface area (Å²) in [6, 6.07) is 0. The molecule has 13 heavy (non-hydrogen) atoms. The Morgan fingerprint density at radius 2 is 0.692 bits per heavy atom. The van der Waals surface area contributed by atoms with Crippen LogP contribution in [0.3, 0.4) is 0 Å². The Hall–Kier alpha value is -1.08. The van der Waals surface area contributed by atoms with Crippen molar-refractivity contribution in [3.63, 3.8) is 0 Å². The predicted octanol–water partition coefficient (Wildman–Crippen LogP) is -1.04. The van der Waals surface area contributed by atoms with Gasteiger partial charge >= 0.3 is 39.9 Å². The molecule has 13 heteroatoms. The van der Waals surface area contributed by atoms with E-state index in [1.165, 1.54) is 0 Å². The van der Waals surface area contributed by atoms with E-state index in [1.54, 1.807) is 0 Å². The van der Waals surface area contributed by atoms with Crippen molar-refractivity contribution in [1.29, 1.82) is 0 Å². The Morgan fingerprint density at radius 1 is 0.692 bits per heavy atom. The molecule has 0 spiro atoms. The maximum atomic E-state index is 8.36. The molecule has 3 N–H and O–H groups in total. The van der Waals surface area contributed by atoms with E-state index in [-0.39, 0.29) is 39.9 Å². The summed E-state index contributed by atoms with van der Waals surface area (Å²) in [6.07, 6.45) is 0. The molecule has 0 rings (SSSR count). The summed E-state index contributed by atoms with van der Waals surface area (Å²) >= 11 is 0. The minimum atomic E-state index is -1.50. The SMILES string of the molecule is O=[N+]([O-])O.O=[N+]([O-])O.O=[N+]([O-])O.[Gd+3]. The van der Waals surface area contributed by atoms with Gasteiger partial charge in [0.2, 0.25) is 0 Å². The Balaban J connectivity index is -0.0000000450. The van der Waals surface area contributed by atoms with Crippen LogP contribution in [0.15, 0.2) is 0 Å². The zero-order valence-corrected chi connectivity index (χ0v) is 7.75. The largest absolute Gasteiger partial charge is 3.00 e. The molecule has 0 aliphatic rings. The van der Waals surface area contributed by atoms with Crippen LogP contribution >= 0.6 is 0 Å². The Labute approximate surface area is 101 Å². The second-order valence-corrected chi connectivity index (χ2v) is 0.714. The monoisotopic (exact) mass is 347 g/mol. The van der Waals surface area contributed by atoms with Crippen molar-refractivity contribution < 1.29 is 70.8 Å². The summed E-state index contributed by atoms with van der Waals surface area (Å²) in [5.41, 5.74) is 0. The molecule has 0 fully saturated rings. The van der Waals surface area contributed by atoms with Crippen LogP contribution in [0.1, 0.15) is 0 Å². The molecule has 0 unspecified atom stereocenters. The van der Waals surface area contributed by atoms with Gasteiger partial charge in [-0.15, -0.1) is 30.3 Å². The molecule has 77 valence electrons. The maximum absolute atomic E-state index is 8.36. The van der Waals surface area contributed by atoms with Crippen LogP contribution in [0, 0.1) is 70.3 Å². The molecule has 0 amide bonds. The van der Waals surface area contributed by atoms with Crippen LogP contribution in [0.5, 0.6) is 0 Å². The molecule has 0 bridgehead atoms. The second-order valence-electron chi connectivity index (χ2n) is 0.714. The minimum Gasteiger partial charge on any atom is -0.328 e. The molecule has 0 saturated carbocycles. The van der Waals surface area contributed by atoms with Gasteiger partial charge in [-0.05, 0) is 0 Å². The third-order valence-electron chi connectivity index (χ3n) is 0. The number of nitrogens with zero attached hydrogens (tertiary/aromatic N) is 3. The Bertz CT molecular complexity index is 112. The van der Waals surface area contributed by atoms with Crippen LogP contribution in [0.2, 0.25) is 0 Å². The van der Waals surface area contributed by atoms with Crippen LogP contribution in [-0.4, -0.2) is 30.9 Å². The van der Waals surface area contributed by atoms with Crippen LogP contribution in [0.4, 0.5) is 0 Å². The van der Waals surface area contributed by atoms with Crippen LogP contribution < -0.4 is 0 Å². The third kappa shape index (κ3) is 753. The van der Waals surface area contributed by atoms with E-state index >= 15 is 0 Å². The van der Waals surface area contributed by atoms with Crippen molar-refractivity contribution >= 4 is 0 Å². The fraction of sp³-hybridized carbons (Fsp3) is 0. The fourth-order valence-corrected chi connectivity index (χ4v) is 0. The summed E-state index contributed by atoms with van der Waals surface area (Å²) in [4.78, 5) is 25.1. The normalized spacial score (nSPS) is 5.54. The standard InChI is InChI=1S/Gd.3HNO3/c;3*2-1(3)4/h;3*(H,2,3,4)/q+3;;;. The summed E-state index contributed by atoms with van der Waals surface area (Å²) in [7, 11) is 0. The molecule has 0 atom stereocenters. The molecule has 0 saturated heterocycles. The predicted molar refractivity (Wildman–Crippen MR) is 26.3 cm³/mol. The van der Waals surface area contributed by atoms with Crippen molar-refractivity contribution in [2.24, 2.45) is 0 Å². The number of rotatable bonds is 0. The van der Waals surface area contributed by atoms with E-state index in [0.717, 1.165) is 0 Å². The van der Waals surface area contributed by atoms with Gasteiger partial charge in [0, 0.05) is 0 Å². The van der Waals surface area contributed by atoms with E-state index in [1.807, 2.05) is 0 Å². The molecule has 0 aromatic carbocycles. The first kappa shape index (κ1) is 22.7. The first-order chi connectivity index (χ1) is 5.20. The van der Waals surface area contributed by atoms with Crippen molar-refractivity contribution in [1.82, 2.24) is 0 Å². The van der Waals surface area contributed by atoms with Gasteiger partial charge in [-0.25, -0.2) is 0 Å². The summed E-state index contributed by atoms with van der Waals surface area (Å²) in [6.45, 7) is 0. The van der Waals surface area contributed by atoms with Gasteiger partial charge in [-0.2, -0.15) is 0 Å². The van der Waals surface area contributed by atoms with Crippen molar-refractivity contribution in [3.05, 3.63) is 30.3 Å². The van der Waals surface area contributed by atoms with E-state index in [0.29, 0.717) is 0 Å². The summed E-state index contributed by atoms with van der Waals surface area (Å²) < 4.78 is 0. The Morgan fingerprint density at radius 3 is 0.692 bits per heavy atom. The van der Waals surface area contributed by atoms with Crippen LogP contribution in [-0.2, 0) is 0 Å². The van der Waals surface area contributed by atoms with E-state index in [9.17, 15) is 0 Å². The Kier molecular flexibility index (Phi) is 29.9. The molecular weight excluding hydrogens is 343 g/mol. The van der Waals surface area contributed by atoms with Gasteiger partial charge in [0.05, 0.1) is 0 Å². The average Bonchev–Trinajstić information content (AvgIpc) is 1.54. The first-order valence-electron chi connectivity index (χ1n) is 1.70. The fourth-order valence-electron chi connectivity index (χ4n) is 0. The van der Waals surface area contributed by atoms with Crippen molar-refractivity contribution in [2.45, 2.75) is 0 Å². The van der Waals surface area contributed by atoms with Gasteiger partial charge < -0.3 is 15.6 Å². The molecule has 1 radical (unpaired) electrons. The number of hydrogen-bond donors (Lipinski definition) is 3. The topological polar surface area (TPSA) is 190 Å². The molecule has 0 heterocycles. The average molecular weight is 346 g/mol. The molecule has 0 aromatic heterocycles. The van der Waals surface area contributed by atoms with E-state index in [4.69, 9.17) is 46.0 Å². The van der Waals surface area contributed by atoms with Gasteiger partial charge in [0.15, 0.2) is 0 Å². The first-order valence-corrected chi connectivity index (χ1v) is 1.70. The number of hydrogen-bond acceptors (Lipinski definition) is 6. The van der Waals surface area contributed by atoms with Crippen LogP contribution in [0.25, 0.3) is 0 Å². The second kappa shape index (κ2) is 17.1. The molecular formula is H3GdN3O9+3. The molecule has 0 aliphatic carbocycles. The smallest absolute Gasteiger partial charge is 0.328 e. The quantitative estimate of drug-likeness (QED) is 0.363. The molecule has 0 aromatic rings. The van der Waals surface area contributed by atoms with Gasteiger partial charge in [0.25, 0.3) is 15.3 Å². The van der Waals surface area contributed by atoms with Gasteiger partial charge in [0.1, 0.15) is 0 Å². The minimum absolute atomic E-state index is 0. The van der Waals surface area contributed by atoms with E-state index < -0.39 is 15.3 Å². The van der Waals surface area contributed by atoms with E-state index in [2.05, 4.69) is 0 Å². The van der Waals surface area contributed by atoms with Crippen molar-refractivity contribution in [3.8, 4) is 0 Å². The zero-order chi connectivity index (χ0) is 10.7. The van der Waals surface area contributed by atoms with Gasteiger partial charge in [-0.1, -0.05) is 0 Å². The summed E-state index contributed by atoms with van der Waals surface area (Å²) in [5, 5.41) is 40.9. The summed E-state index contributed by atoms with van der Waals surface area (Å²) in [5.74, 6) is 0. The molecule has 12 nitrogen and oxygen atoms in total. The maximum Gasteiger partial charge on any atom is 3.00 e. The van der Waals surface area contributed by atoms with Gasteiger partial charge in [-0.3, -0.25) is 0 Å². The van der Waals surface area contributed by atoms with Crippen molar-refractivity contribution in [2.75, 3.05) is 0 Å². The third-order valence-corrected chi connectivity index (χ3v) is 0.